The molecule has 0 spiro atoms. The van der Waals surface area contributed by atoms with E-state index in [-0.39, 0.29) is 5.56 Å². The maximum absolute atomic E-state index is 12.5. The van der Waals surface area contributed by atoms with Crippen molar-refractivity contribution in [2.75, 3.05) is 13.2 Å². The predicted molar refractivity (Wildman–Crippen MR) is 99.5 cm³/mol. The Morgan fingerprint density at radius 2 is 1.92 bits per heavy atom. The number of fused-ring (bicyclic) bond motifs is 1. The summed E-state index contributed by atoms with van der Waals surface area (Å²) in [5, 5.41) is 2.53. The molecule has 0 aliphatic carbocycles. The van der Waals surface area contributed by atoms with Gasteiger partial charge in [0.05, 0.1) is 31.5 Å². The summed E-state index contributed by atoms with van der Waals surface area (Å²) in [4.78, 5) is 17.6. The van der Waals surface area contributed by atoms with Crippen LogP contribution in [0.1, 0.15) is 19.4 Å². The van der Waals surface area contributed by atoms with Gasteiger partial charge in [-0.05, 0) is 43.0 Å². The molecule has 0 aliphatic rings. The monoisotopic (exact) mass is 408 g/mol. The van der Waals surface area contributed by atoms with Crippen LogP contribution in [0.15, 0.2) is 39.2 Å². The van der Waals surface area contributed by atoms with Crippen molar-refractivity contribution in [1.82, 2.24) is 9.55 Å². The molecule has 0 N–H and O–H groups in total. The number of halogens is 1. The maximum Gasteiger partial charge on any atom is 0.262 e. The fourth-order valence-corrected chi connectivity index (χ4v) is 3.60. The zero-order valence-electron chi connectivity index (χ0n) is 13.4. The van der Waals surface area contributed by atoms with Crippen molar-refractivity contribution in [2.24, 2.45) is 0 Å². The van der Waals surface area contributed by atoms with Crippen molar-refractivity contribution in [1.29, 1.82) is 0 Å². The highest BCUT2D eigenvalue weighted by Crippen LogP contribution is 2.34. The summed E-state index contributed by atoms with van der Waals surface area (Å²) in [6.45, 7) is 5.37. The second-order valence-corrected chi connectivity index (χ2v) is 6.82. The molecule has 5 nitrogen and oxygen atoms in total. The highest BCUT2D eigenvalue weighted by Gasteiger charge is 2.13. The quantitative estimate of drug-likeness (QED) is 0.616. The van der Waals surface area contributed by atoms with E-state index in [1.54, 1.807) is 10.9 Å². The molecule has 0 atom stereocenters. The van der Waals surface area contributed by atoms with Crippen LogP contribution < -0.4 is 15.0 Å². The predicted octanol–water partition coefficient (Wildman–Crippen LogP) is 4.07. The molecule has 24 heavy (non-hydrogen) atoms. The van der Waals surface area contributed by atoms with E-state index < -0.39 is 0 Å². The lowest BCUT2D eigenvalue weighted by Crippen LogP contribution is -2.20. The number of rotatable bonds is 6. The molecule has 1 aromatic carbocycles. The summed E-state index contributed by atoms with van der Waals surface area (Å²) in [6.07, 6.45) is 1.59. The number of aromatic nitrogens is 2. The molecule has 0 unspecified atom stereocenters. The molecule has 3 rings (SSSR count). The van der Waals surface area contributed by atoms with E-state index in [4.69, 9.17) is 9.47 Å². The second-order valence-electron chi connectivity index (χ2n) is 5.07. The Labute approximate surface area is 152 Å². The summed E-state index contributed by atoms with van der Waals surface area (Å²) < 4.78 is 13.7. The molecule has 7 heteroatoms. The molecule has 0 amide bonds. The smallest absolute Gasteiger partial charge is 0.262 e. The van der Waals surface area contributed by atoms with Gasteiger partial charge in [0, 0.05) is 4.47 Å². The molecule has 2 aromatic heterocycles. The zero-order chi connectivity index (χ0) is 17.1. The highest BCUT2D eigenvalue weighted by molar-refractivity contribution is 9.10. The van der Waals surface area contributed by atoms with Crippen molar-refractivity contribution >= 4 is 37.5 Å². The molecular weight excluding hydrogens is 392 g/mol. The van der Waals surface area contributed by atoms with Crippen LogP contribution in [0.25, 0.3) is 10.2 Å². The summed E-state index contributed by atoms with van der Waals surface area (Å²) in [5.41, 5.74) is 0.889. The minimum atomic E-state index is -0.0417. The molecule has 0 radical (unpaired) electrons. The van der Waals surface area contributed by atoms with Gasteiger partial charge in [0.25, 0.3) is 5.56 Å². The van der Waals surface area contributed by atoms with Gasteiger partial charge >= 0.3 is 0 Å². The van der Waals surface area contributed by atoms with Gasteiger partial charge in [-0.15, -0.1) is 11.3 Å². The first-order valence-electron chi connectivity index (χ1n) is 7.64. The Bertz CT molecular complexity index is 920. The molecule has 0 fully saturated rings. The summed E-state index contributed by atoms with van der Waals surface area (Å²) in [5.74, 6) is 1.36. The maximum atomic E-state index is 12.5. The number of nitrogens with zero attached hydrogens (tertiary/aromatic N) is 2. The fraction of sp³-hybridized carbons (Fsp3) is 0.294. The van der Waals surface area contributed by atoms with Gasteiger partial charge in [0.15, 0.2) is 11.5 Å². The highest BCUT2D eigenvalue weighted by atomic mass is 79.9. The molecule has 2 heterocycles. The van der Waals surface area contributed by atoms with Crippen LogP contribution in [0.5, 0.6) is 11.5 Å². The molecule has 0 aliphatic heterocycles. The second kappa shape index (κ2) is 7.36. The van der Waals surface area contributed by atoms with E-state index in [2.05, 4.69) is 20.9 Å². The Hall–Kier alpha value is -1.86. The first kappa shape index (κ1) is 17.0. The number of ether oxygens (including phenoxy) is 2. The third-order valence-corrected chi connectivity index (χ3v) is 5.06. The topological polar surface area (TPSA) is 53.4 Å². The van der Waals surface area contributed by atoms with Crippen LogP contribution in [0.2, 0.25) is 0 Å². The van der Waals surface area contributed by atoms with Gasteiger partial charge in [-0.3, -0.25) is 9.36 Å². The van der Waals surface area contributed by atoms with Gasteiger partial charge in [-0.2, -0.15) is 0 Å². The van der Waals surface area contributed by atoms with Crippen molar-refractivity contribution < 1.29 is 9.47 Å². The van der Waals surface area contributed by atoms with Crippen LogP contribution in [0, 0.1) is 0 Å². The normalized spacial score (nSPS) is 11.0. The van der Waals surface area contributed by atoms with E-state index in [0.717, 1.165) is 14.9 Å². The molecule has 0 saturated carbocycles. The van der Waals surface area contributed by atoms with E-state index in [1.807, 2.05) is 37.4 Å². The molecule has 0 bridgehead atoms. The largest absolute Gasteiger partial charge is 0.490 e. The molecule has 0 saturated heterocycles. The van der Waals surface area contributed by atoms with Gasteiger partial charge in [0.2, 0.25) is 0 Å². The number of hydrogen-bond donors (Lipinski definition) is 0. The van der Waals surface area contributed by atoms with Crippen molar-refractivity contribution in [3.63, 3.8) is 0 Å². The van der Waals surface area contributed by atoms with E-state index in [1.165, 1.54) is 11.3 Å². The average molecular weight is 409 g/mol. The van der Waals surface area contributed by atoms with Gasteiger partial charge in [-0.25, -0.2) is 4.98 Å². The number of benzene rings is 1. The molecule has 3 aromatic rings. The van der Waals surface area contributed by atoms with Crippen LogP contribution in [-0.4, -0.2) is 22.8 Å². The first-order valence-corrected chi connectivity index (χ1v) is 9.32. The minimum Gasteiger partial charge on any atom is -0.490 e. The van der Waals surface area contributed by atoms with Gasteiger partial charge in [0.1, 0.15) is 4.83 Å². The van der Waals surface area contributed by atoms with Crippen LogP contribution in [-0.2, 0) is 6.54 Å². The SMILES string of the molecule is CCOc1cc(Br)c(Cn2cnc3sccc3c2=O)cc1OCC. The minimum absolute atomic E-state index is 0.0417. The van der Waals surface area contributed by atoms with Crippen LogP contribution >= 0.6 is 27.3 Å². The first-order chi connectivity index (χ1) is 11.6. The Morgan fingerprint density at radius 1 is 1.21 bits per heavy atom. The average Bonchev–Trinajstić information content (AvgIpc) is 3.04. The summed E-state index contributed by atoms with van der Waals surface area (Å²) in [7, 11) is 0. The van der Waals surface area contributed by atoms with Crippen molar-refractivity contribution in [3.05, 3.63) is 50.3 Å². The summed E-state index contributed by atoms with van der Waals surface area (Å²) >= 11 is 5.02. The zero-order valence-corrected chi connectivity index (χ0v) is 15.8. The number of hydrogen-bond acceptors (Lipinski definition) is 5. The standard InChI is InChI=1S/C17H17BrN2O3S/c1-3-22-14-7-11(13(18)8-15(14)23-4-2)9-20-10-19-16-12(17(20)21)5-6-24-16/h5-8,10H,3-4,9H2,1-2H3. The van der Waals surface area contributed by atoms with Gasteiger partial charge in [-0.1, -0.05) is 15.9 Å². The lowest BCUT2D eigenvalue weighted by atomic mass is 10.2. The molecular formula is C17H17BrN2O3S. The van der Waals surface area contributed by atoms with Gasteiger partial charge < -0.3 is 9.47 Å². The van der Waals surface area contributed by atoms with Crippen LogP contribution in [0.3, 0.4) is 0 Å². The Kier molecular flexibility index (Phi) is 5.20. The summed E-state index contributed by atoms with van der Waals surface area (Å²) in [6, 6.07) is 5.60. The lowest BCUT2D eigenvalue weighted by molar-refractivity contribution is 0.287. The third-order valence-electron chi connectivity index (χ3n) is 3.50. The van der Waals surface area contributed by atoms with Crippen molar-refractivity contribution in [3.8, 4) is 11.5 Å². The van der Waals surface area contributed by atoms with E-state index >= 15 is 0 Å². The van der Waals surface area contributed by atoms with Crippen molar-refractivity contribution in [2.45, 2.75) is 20.4 Å². The third kappa shape index (κ3) is 3.32. The van der Waals surface area contributed by atoms with E-state index in [9.17, 15) is 4.79 Å². The van der Waals surface area contributed by atoms with E-state index in [0.29, 0.717) is 36.6 Å². The molecule has 126 valence electrons. The fourth-order valence-electron chi connectivity index (χ4n) is 2.42. The van der Waals surface area contributed by atoms with Crippen LogP contribution in [0.4, 0.5) is 0 Å². The number of thiophene rings is 1. The Morgan fingerprint density at radius 3 is 2.62 bits per heavy atom. The lowest BCUT2D eigenvalue weighted by Gasteiger charge is -2.15. The Balaban J connectivity index is 2.00.